The maximum Gasteiger partial charge on any atom is 0.147 e. The van der Waals surface area contributed by atoms with Gasteiger partial charge in [0.05, 0.1) is 0 Å². The molecule has 136 valence electrons. The average molecular weight is 357 g/mol. The van der Waals surface area contributed by atoms with Crippen molar-refractivity contribution in [3.63, 3.8) is 0 Å². The molecular formula is C23H23N3O. The monoisotopic (exact) mass is 357 g/mol. The lowest BCUT2D eigenvalue weighted by Gasteiger charge is -2.28. The molecule has 0 atom stereocenters. The number of hydrogen-bond donors (Lipinski definition) is 1. The van der Waals surface area contributed by atoms with E-state index in [-0.39, 0.29) is 11.2 Å². The highest BCUT2D eigenvalue weighted by molar-refractivity contribution is 5.74. The molecule has 0 saturated carbocycles. The predicted octanol–water partition coefficient (Wildman–Crippen LogP) is 5.01. The SMILES string of the molecule is CCc1cc(-n2nc3ccccc3n2)c(O)c(C(C)(C)c2ccccc2)c1. The van der Waals surface area contributed by atoms with E-state index in [0.717, 1.165) is 34.1 Å². The molecule has 0 bridgehead atoms. The fourth-order valence-electron chi connectivity index (χ4n) is 3.49. The van der Waals surface area contributed by atoms with Gasteiger partial charge in [-0.2, -0.15) is 0 Å². The lowest BCUT2D eigenvalue weighted by atomic mass is 9.77. The summed E-state index contributed by atoms with van der Waals surface area (Å²) in [5.41, 5.74) is 5.05. The zero-order valence-electron chi connectivity index (χ0n) is 15.8. The molecule has 27 heavy (non-hydrogen) atoms. The topological polar surface area (TPSA) is 50.9 Å². The van der Waals surface area contributed by atoms with Crippen LogP contribution >= 0.6 is 0 Å². The number of phenols is 1. The van der Waals surface area contributed by atoms with Crippen LogP contribution in [0.1, 0.15) is 37.5 Å². The Kier molecular flexibility index (Phi) is 4.19. The summed E-state index contributed by atoms with van der Waals surface area (Å²) in [6.45, 7) is 6.38. The second-order valence-electron chi connectivity index (χ2n) is 7.33. The third kappa shape index (κ3) is 2.97. The van der Waals surface area contributed by atoms with Crippen LogP contribution in [0, 0.1) is 0 Å². The van der Waals surface area contributed by atoms with Gasteiger partial charge in [-0.25, -0.2) is 0 Å². The highest BCUT2D eigenvalue weighted by atomic mass is 16.3. The van der Waals surface area contributed by atoms with Gasteiger partial charge in [0, 0.05) is 11.0 Å². The van der Waals surface area contributed by atoms with Crippen LogP contribution in [-0.4, -0.2) is 20.1 Å². The van der Waals surface area contributed by atoms with Gasteiger partial charge in [-0.15, -0.1) is 15.0 Å². The van der Waals surface area contributed by atoms with Crippen molar-refractivity contribution in [3.8, 4) is 11.4 Å². The van der Waals surface area contributed by atoms with E-state index in [1.54, 1.807) is 4.80 Å². The van der Waals surface area contributed by atoms with Gasteiger partial charge in [-0.05, 0) is 35.7 Å². The summed E-state index contributed by atoms with van der Waals surface area (Å²) in [4.78, 5) is 1.55. The van der Waals surface area contributed by atoms with Crippen LogP contribution in [0.3, 0.4) is 0 Å². The highest BCUT2D eigenvalue weighted by Crippen LogP contribution is 2.40. The molecule has 0 aliphatic heterocycles. The second-order valence-corrected chi connectivity index (χ2v) is 7.33. The van der Waals surface area contributed by atoms with Gasteiger partial charge in [-0.3, -0.25) is 0 Å². The Morgan fingerprint density at radius 2 is 1.48 bits per heavy atom. The standard InChI is InChI=1S/C23H23N3O/c1-4-16-14-18(23(2,3)17-10-6-5-7-11-17)22(27)21(15-16)26-24-19-12-8-9-13-20(19)25-26/h5-15,27H,4H2,1-3H3. The summed E-state index contributed by atoms with van der Waals surface area (Å²) in [5, 5.41) is 20.3. The van der Waals surface area contributed by atoms with Crippen molar-refractivity contribution in [2.45, 2.75) is 32.6 Å². The normalized spacial score (nSPS) is 11.8. The Labute approximate surface area is 159 Å². The molecule has 4 aromatic rings. The van der Waals surface area contributed by atoms with Crippen LogP contribution in [-0.2, 0) is 11.8 Å². The van der Waals surface area contributed by atoms with Gasteiger partial charge >= 0.3 is 0 Å². The molecule has 1 N–H and O–H groups in total. The minimum atomic E-state index is -0.349. The van der Waals surface area contributed by atoms with Crippen LogP contribution in [0.4, 0.5) is 0 Å². The summed E-state index contributed by atoms with van der Waals surface area (Å²) in [6, 6.07) is 22.0. The number of benzene rings is 3. The summed E-state index contributed by atoms with van der Waals surface area (Å²) < 4.78 is 0. The van der Waals surface area contributed by atoms with Gasteiger partial charge in [0.25, 0.3) is 0 Å². The van der Waals surface area contributed by atoms with E-state index in [9.17, 15) is 5.11 Å². The number of hydrogen-bond acceptors (Lipinski definition) is 3. The number of aryl methyl sites for hydroxylation is 1. The maximum absolute atomic E-state index is 11.2. The van der Waals surface area contributed by atoms with Crippen molar-refractivity contribution in [2.75, 3.05) is 0 Å². The van der Waals surface area contributed by atoms with Crippen LogP contribution in [0.25, 0.3) is 16.7 Å². The van der Waals surface area contributed by atoms with E-state index in [2.05, 4.69) is 49.2 Å². The van der Waals surface area contributed by atoms with Gasteiger partial charge in [0.1, 0.15) is 22.5 Å². The summed E-state index contributed by atoms with van der Waals surface area (Å²) >= 11 is 0. The number of aromatic nitrogens is 3. The molecule has 0 spiro atoms. The van der Waals surface area contributed by atoms with Crippen LogP contribution in [0.5, 0.6) is 5.75 Å². The lowest BCUT2D eigenvalue weighted by molar-refractivity contribution is 0.446. The first-order chi connectivity index (χ1) is 13.0. The van der Waals surface area contributed by atoms with Crippen LogP contribution < -0.4 is 0 Å². The first kappa shape index (κ1) is 17.3. The zero-order valence-corrected chi connectivity index (χ0v) is 15.8. The summed E-state index contributed by atoms with van der Waals surface area (Å²) in [5.74, 6) is 0.223. The third-order valence-corrected chi connectivity index (χ3v) is 5.23. The Morgan fingerprint density at radius 1 is 0.889 bits per heavy atom. The maximum atomic E-state index is 11.2. The molecule has 0 radical (unpaired) electrons. The minimum absolute atomic E-state index is 0.223. The number of aromatic hydroxyl groups is 1. The lowest BCUT2D eigenvalue weighted by Crippen LogP contribution is -2.20. The van der Waals surface area contributed by atoms with Crippen LogP contribution in [0.15, 0.2) is 66.7 Å². The molecule has 4 heteroatoms. The van der Waals surface area contributed by atoms with Gasteiger partial charge in [0.2, 0.25) is 0 Å². The van der Waals surface area contributed by atoms with Gasteiger partial charge < -0.3 is 5.11 Å². The number of rotatable bonds is 4. The summed E-state index contributed by atoms with van der Waals surface area (Å²) in [6.07, 6.45) is 0.867. The van der Waals surface area contributed by atoms with E-state index in [1.807, 2.05) is 48.5 Å². The third-order valence-electron chi connectivity index (χ3n) is 5.23. The Morgan fingerprint density at radius 3 is 2.07 bits per heavy atom. The molecule has 4 nitrogen and oxygen atoms in total. The Bertz CT molecular complexity index is 1060. The first-order valence-corrected chi connectivity index (χ1v) is 9.25. The van der Waals surface area contributed by atoms with Gasteiger partial charge in [-0.1, -0.05) is 69.3 Å². The van der Waals surface area contributed by atoms with E-state index in [0.29, 0.717) is 5.69 Å². The van der Waals surface area contributed by atoms with Crippen molar-refractivity contribution in [1.29, 1.82) is 0 Å². The number of fused-ring (bicyclic) bond motifs is 1. The molecule has 0 fully saturated rings. The fraction of sp³-hybridized carbons (Fsp3) is 0.217. The molecule has 1 aromatic heterocycles. The van der Waals surface area contributed by atoms with Crippen molar-refractivity contribution >= 4 is 11.0 Å². The van der Waals surface area contributed by atoms with Crippen molar-refractivity contribution < 1.29 is 5.11 Å². The minimum Gasteiger partial charge on any atom is -0.505 e. The van der Waals surface area contributed by atoms with Crippen molar-refractivity contribution in [3.05, 3.63) is 83.4 Å². The smallest absolute Gasteiger partial charge is 0.147 e. The molecule has 1 heterocycles. The van der Waals surface area contributed by atoms with E-state index in [1.165, 1.54) is 0 Å². The van der Waals surface area contributed by atoms with E-state index in [4.69, 9.17) is 0 Å². The first-order valence-electron chi connectivity index (χ1n) is 9.25. The van der Waals surface area contributed by atoms with Crippen molar-refractivity contribution in [2.24, 2.45) is 0 Å². The fourth-order valence-corrected chi connectivity index (χ4v) is 3.49. The zero-order chi connectivity index (χ0) is 19.0. The molecule has 0 unspecified atom stereocenters. The Balaban J connectivity index is 1.93. The van der Waals surface area contributed by atoms with Crippen LogP contribution in [0.2, 0.25) is 0 Å². The van der Waals surface area contributed by atoms with Gasteiger partial charge in [0.15, 0.2) is 0 Å². The summed E-state index contributed by atoms with van der Waals surface area (Å²) in [7, 11) is 0. The predicted molar refractivity (Wildman–Crippen MR) is 108 cm³/mol. The van der Waals surface area contributed by atoms with E-state index < -0.39 is 0 Å². The molecule has 4 rings (SSSR count). The molecule has 0 aliphatic carbocycles. The highest BCUT2D eigenvalue weighted by Gasteiger charge is 2.28. The second kappa shape index (κ2) is 6.54. The average Bonchev–Trinajstić information content (AvgIpc) is 3.12. The largest absolute Gasteiger partial charge is 0.505 e. The number of nitrogens with zero attached hydrogens (tertiary/aromatic N) is 3. The quantitative estimate of drug-likeness (QED) is 0.558. The molecule has 3 aromatic carbocycles. The van der Waals surface area contributed by atoms with Crippen molar-refractivity contribution in [1.82, 2.24) is 15.0 Å². The molecule has 0 amide bonds. The van der Waals surface area contributed by atoms with E-state index >= 15 is 0 Å². The molecule has 0 aliphatic rings. The molecular weight excluding hydrogens is 334 g/mol. The molecule has 0 saturated heterocycles. The Hall–Kier alpha value is -3.14. The number of phenolic OH excluding ortho intramolecular Hbond substituents is 1.